The summed E-state index contributed by atoms with van der Waals surface area (Å²) < 4.78 is 1.18. The van der Waals surface area contributed by atoms with E-state index in [0.29, 0.717) is 6.04 Å². The number of fused-ring (bicyclic) bond motifs is 1. The molecule has 0 bridgehead atoms. The molecule has 0 radical (unpaired) electrons. The highest BCUT2D eigenvalue weighted by Crippen LogP contribution is 2.32. The summed E-state index contributed by atoms with van der Waals surface area (Å²) in [5, 5.41) is 2.16. The molecule has 2 unspecified atom stereocenters. The Morgan fingerprint density at radius 3 is 3.06 bits per heavy atom. The summed E-state index contributed by atoms with van der Waals surface area (Å²) in [5.74, 6) is 0. The molecule has 2 aliphatic rings. The van der Waals surface area contributed by atoms with Gasteiger partial charge in [0.25, 0.3) is 0 Å². The van der Waals surface area contributed by atoms with Crippen LogP contribution in [0.5, 0.6) is 0 Å². The van der Waals surface area contributed by atoms with Crippen molar-refractivity contribution in [3.63, 3.8) is 0 Å². The first-order valence-corrected chi connectivity index (χ1v) is 8.37. The van der Waals surface area contributed by atoms with Crippen molar-refractivity contribution in [1.82, 2.24) is 9.80 Å². The van der Waals surface area contributed by atoms with Crippen molar-refractivity contribution in [2.45, 2.75) is 24.9 Å². The van der Waals surface area contributed by atoms with Gasteiger partial charge in [0.15, 0.2) is 0 Å². The molecular weight excluding hydrogens is 310 g/mol. The lowest BCUT2D eigenvalue weighted by atomic mass is 10.1. The first-order chi connectivity index (χ1) is 8.78. The smallest absolute Gasteiger partial charge is 0.0565 e. The van der Waals surface area contributed by atoms with Crippen molar-refractivity contribution in [3.8, 4) is 0 Å². The Morgan fingerprint density at radius 2 is 2.33 bits per heavy atom. The fourth-order valence-electron chi connectivity index (χ4n) is 3.25. The summed E-state index contributed by atoms with van der Waals surface area (Å²) in [5.41, 5.74) is 6.02. The van der Waals surface area contributed by atoms with Gasteiger partial charge in [-0.05, 0) is 41.4 Å². The second kappa shape index (κ2) is 5.59. The number of hydrogen-bond donors (Lipinski definition) is 1. The maximum absolute atomic E-state index is 6.02. The summed E-state index contributed by atoms with van der Waals surface area (Å²) in [4.78, 5) is 6.63. The molecule has 2 N–H and O–H groups in total. The Balaban J connectivity index is 1.72. The van der Waals surface area contributed by atoms with Crippen molar-refractivity contribution >= 4 is 27.3 Å². The molecule has 1 aromatic heterocycles. The van der Waals surface area contributed by atoms with Crippen LogP contribution in [0.2, 0.25) is 0 Å². The molecule has 0 aliphatic carbocycles. The summed E-state index contributed by atoms with van der Waals surface area (Å²) in [6, 6.07) is 3.41. The zero-order valence-electron chi connectivity index (χ0n) is 10.5. The fourth-order valence-corrected chi connectivity index (χ4v) is 4.84. The standard InChI is InChI=1S/C13H20BrN3S/c14-10-6-13(18-9-10)12(7-15)17-5-4-16-3-1-2-11(16)8-17/h6,9,11-12H,1-5,7-8,15H2. The minimum Gasteiger partial charge on any atom is -0.329 e. The van der Waals surface area contributed by atoms with E-state index < -0.39 is 0 Å². The first-order valence-electron chi connectivity index (χ1n) is 6.70. The number of halogens is 1. The highest BCUT2D eigenvalue weighted by atomic mass is 79.9. The van der Waals surface area contributed by atoms with Gasteiger partial charge >= 0.3 is 0 Å². The predicted octanol–water partition coefficient (Wildman–Crippen LogP) is 2.29. The van der Waals surface area contributed by atoms with Crippen LogP contribution in [0.25, 0.3) is 0 Å². The van der Waals surface area contributed by atoms with Gasteiger partial charge in [0.1, 0.15) is 0 Å². The molecular formula is C13H20BrN3S. The van der Waals surface area contributed by atoms with Gasteiger partial charge in [-0.25, -0.2) is 0 Å². The number of nitrogens with two attached hydrogens (primary N) is 1. The molecule has 0 amide bonds. The van der Waals surface area contributed by atoms with Gasteiger partial charge in [0, 0.05) is 47.0 Å². The van der Waals surface area contributed by atoms with Gasteiger partial charge < -0.3 is 5.73 Å². The minimum absolute atomic E-state index is 0.407. The molecule has 100 valence electrons. The van der Waals surface area contributed by atoms with E-state index in [9.17, 15) is 0 Å². The van der Waals surface area contributed by atoms with Crippen LogP contribution < -0.4 is 5.73 Å². The molecule has 3 rings (SSSR count). The topological polar surface area (TPSA) is 32.5 Å². The lowest BCUT2D eigenvalue weighted by molar-refractivity contribution is 0.0748. The normalized spacial score (nSPS) is 27.3. The van der Waals surface area contributed by atoms with Crippen LogP contribution >= 0.6 is 27.3 Å². The highest BCUT2D eigenvalue weighted by Gasteiger charge is 2.33. The van der Waals surface area contributed by atoms with E-state index in [1.807, 2.05) is 11.3 Å². The summed E-state index contributed by atoms with van der Waals surface area (Å²) in [6.45, 7) is 5.59. The van der Waals surface area contributed by atoms with Crippen molar-refractivity contribution in [3.05, 3.63) is 20.8 Å². The third kappa shape index (κ3) is 2.51. The van der Waals surface area contributed by atoms with Crippen LogP contribution in [-0.2, 0) is 0 Å². The van der Waals surface area contributed by atoms with E-state index >= 15 is 0 Å². The van der Waals surface area contributed by atoms with Crippen molar-refractivity contribution in [1.29, 1.82) is 0 Å². The average molecular weight is 330 g/mol. The van der Waals surface area contributed by atoms with Crippen LogP contribution in [0, 0.1) is 0 Å². The summed E-state index contributed by atoms with van der Waals surface area (Å²) >= 11 is 5.36. The number of hydrogen-bond acceptors (Lipinski definition) is 4. The van der Waals surface area contributed by atoms with Gasteiger partial charge in [-0.3, -0.25) is 9.80 Å². The number of nitrogens with zero attached hydrogens (tertiary/aromatic N) is 2. The molecule has 0 saturated carbocycles. The first kappa shape index (κ1) is 13.1. The third-order valence-corrected chi connectivity index (χ3v) is 5.99. The zero-order chi connectivity index (χ0) is 12.5. The molecule has 2 aliphatic heterocycles. The zero-order valence-corrected chi connectivity index (χ0v) is 12.9. The van der Waals surface area contributed by atoms with Gasteiger partial charge in [0.2, 0.25) is 0 Å². The molecule has 5 heteroatoms. The fraction of sp³-hybridized carbons (Fsp3) is 0.692. The maximum atomic E-state index is 6.02. The SMILES string of the molecule is NCC(c1cc(Br)cs1)N1CCN2CCCC2C1. The van der Waals surface area contributed by atoms with Crippen LogP contribution in [0.4, 0.5) is 0 Å². The Labute approximate surface area is 121 Å². The van der Waals surface area contributed by atoms with Gasteiger partial charge in [0.05, 0.1) is 6.04 Å². The predicted molar refractivity (Wildman–Crippen MR) is 80.0 cm³/mol. The Morgan fingerprint density at radius 1 is 1.44 bits per heavy atom. The second-order valence-corrected chi connectivity index (χ2v) is 7.10. The second-order valence-electron chi connectivity index (χ2n) is 5.25. The Kier molecular flexibility index (Phi) is 4.06. The number of rotatable bonds is 3. The van der Waals surface area contributed by atoms with Crippen LogP contribution in [0.15, 0.2) is 15.9 Å². The lowest BCUT2D eigenvalue weighted by Crippen LogP contribution is -2.52. The van der Waals surface area contributed by atoms with Gasteiger partial charge in [-0.15, -0.1) is 11.3 Å². The molecule has 2 fully saturated rings. The number of piperazine rings is 1. The van der Waals surface area contributed by atoms with Crippen molar-refractivity contribution in [2.24, 2.45) is 5.73 Å². The van der Waals surface area contributed by atoms with Crippen molar-refractivity contribution < 1.29 is 0 Å². The van der Waals surface area contributed by atoms with E-state index in [1.165, 1.54) is 41.8 Å². The molecule has 18 heavy (non-hydrogen) atoms. The van der Waals surface area contributed by atoms with E-state index in [1.54, 1.807) is 0 Å². The molecule has 3 heterocycles. The highest BCUT2D eigenvalue weighted by molar-refractivity contribution is 9.10. The Hall–Kier alpha value is 0.0600. The van der Waals surface area contributed by atoms with E-state index in [4.69, 9.17) is 5.73 Å². The van der Waals surface area contributed by atoms with E-state index in [-0.39, 0.29) is 0 Å². The molecule has 3 nitrogen and oxygen atoms in total. The lowest BCUT2D eigenvalue weighted by Gasteiger charge is -2.41. The van der Waals surface area contributed by atoms with Crippen LogP contribution in [0.1, 0.15) is 23.8 Å². The molecule has 0 spiro atoms. The molecule has 1 aromatic rings. The largest absolute Gasteiger partial charge is 0.329 e. The third-order valence-electron chi connectivity index (χ3n) is 4.20. The van der Waals surface area contributed by atoms with E-state index in [0.717, 1.165) is 19.1 Å². The molecule has 2 saturated heterocycles. The van der Waals surface area contributed by atoms with Gasteiger partial charge in [-0.1, -0.05) is 0 Å². The monoisotopic (exact) mass is 329 g/mol. The van der Waals surface area contributed by atoms with Gasteiger partial charge in [-0.2, -0.15) is 0 Å². The number of thiophene rings is 1. The average Bonchev–Trinajstić information content (AvgIpc) is 2.99. The summed E-state index contributed by atoms with van der Waals surface area (Å²) in [7, 11) is 0. The van der Waals surface area contributed by atoms with Crippen molar-refractivity contribution in [2.75, 3.05) is 32.7 Å². The summed E-state index contributed by atoms with van der Waals surface area (Å²) in [6.07, 6.45) is 2.73. The van der Waals surface area contributed by atoms with Crippen LogP contribution in [0.3, 0.4) is 0 Å². The van der Waals surface area contributed by atoms with Crippen LogP contribution in [-0.4, -0.2) is 48.6 Å². The van der Waals surface area contributed by atoms with E-state index in [2.05, 4.69) is 37.2 Å². The Bertz CT molecular complexity index is 409. The quantitative estimate of drug-likeness (QED) is 0.923. The molecule has 2 atom stereocenters. The minimum atomic E-state index is 0.407. The molecule has 0 aromatic carbocycles. The maximum Gasteiger partial charge on any atom is 0.0565 e.